The van der Waals surface area contributed by atoms with Gasteiger partial charge in [-0.2, -0.15) is 5.10 Å². The molecule has 108 valence electrons. The van der Waals surface area contributed by atoms with Crippen LogP contribution < -0.4 is 0 Å². The molecule has 4 heteroatoms. The molecule has 1 aliphatic heterocycles. The van der Waals surface area contributed by atoms with Crippen LogP contribution in [0.5, 0.6) is 0 Å². The lowest BCUT2D eigenvalue weighted by molar-refractivity contribution is 0.0662. The highest BCUT2D eigenvalue weighted by Gasteiger charge is 2.20. The number of carbonyl (C=O) groups is 1. The van der Waals surface area contributed by atoms with E-state index in [1.807, 2.05) is 18.3 Å². The van der Waals surface area contributed by atoms with Gasteiger partial charge in [-0.25, -0.2) is 0 Å². The van der Waals surface area contributed by atoms with Crippen molar-refractivity contribution in [3.63, 3.8) is 0 Å². The number of aromatic nitrogens is 2. The number of hydrogen-bond acceptors (Lipinski definition) is 3. The van der Waals surface area contributed by atoms with Crippen molar-refractivity contribution in [2.24, 2.45) is 0 Å². The summed E-state index contributed by atoms with van der Waals surface area (Å²) in [6.45, 7) is 1.64. The molecule has 0 unspecified atom stereocenters. The van der Waals surface area contributed by atoms with E-state index in [0.717, 1.165) is 49.2 Å². The number of rotatable bonds is 2. The summed E-state index contributed by atoms with van der Waals surface area (Å²) < 4.78 is 7.47. The molecular formula is C17H18N2O2. The predicted molar refractivity (Wildman–Crippen MR) is 79.4 cm³/mol. The molecule has 1 saturated heterocycles. The van der Waals surface area contributed by atoms with E-state index < -0.39 is 0 Å². The zero-order valence-electron chi connectivity index (χ0n) is 11.9. The van der Waals surface area contributed by atoms with Crippen molar-refractivity contribution < 1.29 is 9.53 Å². The molecule has 21 heavy (non-hydrogen) atoms. The molecule has 2 aliphatic rings. The number of ketones is 1. The van der Waals surface area contributed by atoms with Gasteiger partial charge in [0.05, 0.1) is 12.2 Å². The third kappa shape index (κ3) is 2.29. The Morgan fingerprint density at radius 1 is 1.14 bits per heavy atom. The Hall–Kier alpha value is -1.94. The van der Waals surface area contributed by atoms with Crippen molar-refractivity contribution in [3.8, 4) is 11.1 Å². The Balaban J connectivity index is 1.62. The normalized spacial score (nSPS) is 19.0. The van der Waals surface area contributed by atoms with Crippen molar-refractivity contribution in [1.82, 2.24) is 9.78 Å². The monoisotopic (exact) mass is 282 g/mol. The molecular weight excluding hydrogens is 264 g/mol. The lowest BCUT2D eigenvalue weighted by atomic mass is 10.0. The van der Waals surface area contributed by atoms with Crippen LogP contribution in [0.4, 0.5) is 0 Å². The average Bonchev–Trinajstić information content (AvgIpc) is 3.15. The van der Waals surface area contributed by atoms with Gasteiger partial charge in [0.25, 0.3) is 0 Å². The largest absolute Gasteiger partial charge is 0.381 e. The summed E-state index contributed by atoms with van der Waals surface area (Å²) in [5.41, 5.74) is 4.36. The van der Waals surface area contributed by atoms with Gasteiger partial charge >= 0.3 is 0 Å². The quantitative estimate of drug-likeness (QED) is 0.850. The van der Waals surface area contributed by atoms with Gasteiger partial charge in [-0.3, -0.25) is 9.48 Å². The first kappa shape index (κ1) is 12.8. The molecule has 0 saturated carbocycles. The van der Waals surface area contributed by atoms with Crippen LogP contribution in [-0.4, -0.2) is 28.8 Å². The molecule has 2 heterocycles. The summed E-state index contributed by atoms with van der Waals surface area (Å²) in [4.78, 5) is 11.7. The summed E-state index contributed by atoms with van der Waals surface area (Å²) in [6, 6.07) is 6.59. The maximum absolute atomic E-state index is 11.7. The van der Waals surface area contributed by atoms with Crippen LogP contribution in [0.2, 0.25) is 0 Å². The summed E-state index contributed by atoms with van der Waals surface area (Å²) in [6.07, 6.45) is 7.62. The van der Waals surface area contributed by atoms with Gasteiger partial charge in [0, 0.05) is 37.0 Å². The van der Waals surface area contributed by atoms with Gasteiger partial charge in [0.15, 0.2) is 5.78 Å². The highest BCUT2D eigenvalue weighted by Crippen LogP contribution is 2.29. The Morgan fingerprint density at radius 3 is 2.86 bits per heavy atom. The van der Waals surface area contributed by atoms with Crippen LogP contribution in [0.3, 0.4) is 0 Å². The van der Waals surface area contributed by atoms with Crippen LogP contribution in [0, 0.1) is 0 Å². The van der Waals surface area contributed by atoms with Gasteiger partial charge in [-0.05, 0) is 30.4 Å². The fraction of sp³-hybridized carbons (Fsp3) is 0.412. The fourth-order valence-corrected chi connectivity index (χ4v) is 3.27. The molecule has 1 aromatic carbocycles. The van der Waals surface area contributed by atoms with E-state index in [4.69, 9.17) is 4.74 Å². The number of ether oxygens (including phenoxy) is 1. The first-order valence-corrected chi connectivity index (χ1v) is 7.60. The second-order valence-corrected chi connectivity index (χ2v) is 5.85. The minimum Gasteiger partial charge on any atom is -0.381 e. The molecule has 0 spiro atoms. The SMILES string of the molecule is O=C1CCc2cc(-c3cnn(C4CCOCC4)c3)ccc21. The van der Waals surface area contributed by atoms with Crippen molar-refractivity contribution >= 4 is 5.78 Å². The van der Waals surface area contributed by atoms with Crippen LogP contribution in [-0.2, 0) is 11.2 Å². The molecule has 2 aromatic rings. The van der Waals surface area contributed by atoms with Gasteiger partial charge in [-0.1, -0.05) is 18.2 Å². The number of nitrogens with zero attached hydrogens (tertiary/aromatic N) is 2. The third-order valence-electron chi connectivity index (χ3n) is 4.53. The van der Waals surface area contributed by atoms with Crippen molar-refractivity contribution in [2.45, 2.75) is 31.7 Å². The van der Waals surface area contributed by atoms with E-state index in [0.29, 0.717) is 12.5 Å². The second-order valence-electron chi connectivity index (χ2n) is 5.85. The lowest BCUT2D eigenvalue weighted by Gasteiger charge is -2.22. The first-order chi connectivity index (χ1) is 10.3. The number of benzene rings is 1. The van der Waals surface area contributed by atoms with Crippen LogP contribution >= 0.6 is 0 Å². The van der Waals surface area contributed by atoms with Crippen molar-refractivity contribution in [2.75, 3.05) is 13.2 Å². The number of carbonyl (C=O) groups excluding carboxylic acids is 1. The molecule has 0 N–H and O–H groups in total. The van der Waals surface area contributed by atoms with Gasteiger partial charge in [0.1, 0.15) is 0 Å². The van der Waals surface area contributed by atoms with Gasteiger partial charge < -0.3 is 4.74 Å². The summed E-state index contributed by atoms with van der Waals surface area (Å²) in [5, 5.41) is 4.52. The van der Waals surface area contributed by atoms with E-state index in [1.54, 1.807) is 0 Å². The van der Waals surface area contributed by atoms with Crippen molar-refractivity contribution in [1.29, 1.82) is 0 Å². The lowest BCUT2D eigenvalue weighted by Crippen LogP contribution is -2.19. The van der Waals surface area contributed by atoms with Gasteiger partial charge in [0.2, 0.25) is 0 Å². The van der Waals surface area contributed by atoms with Crippen molar-refractivity contribution in [3.05, 3.63) is 41.7 Å². The molecule has 4 nitrogen and oxygen atoms in total. The van der Waals surface area contributed by atoms with Gasteiger partial charge in [-0.15, -0.1) is 0 Å². The number of aryl methyl sites for hydroxylation is 1. The fourth-order valence-electron chi connectivity index (χ4n) is 3.27. The summed E-state index contributed by atoms with van der Waals surface area (Å²) in [7, 11) is 0. The first-order valence-electron chi connectivity index (χ1n) is 7.60. The zero-order chi connectivity index (χ0) is 14.2. The topological polar surface area (TPSA) is 44.1 Å². The molecule has 1 fully saturated rings. The molecule has 0 atom stereocenters. The Labute approximate surface area is 123 Å². The van der Waals surface area contributed by atoms with E-state index in [2.05, 4.69) is 22.0 Å². The molecule has 1 aromatic heterocycles. The highest BCUT2D eigenvalue weighted by molar-refractivity contribution is 6.00. The van der Waals surface area contributed by atoms with Crippen LogP contribution in [0.15, 0.2) is 30.6 Å². The molecule has 1 aliphatic carbocycles. The van der Waals surface area contributed by atoms with Crippen LogP contribution in [0.25, 0.3) is 11.1 Å². The second kappa shape index (κ2) is 5.11. The molecule has 0 amide bonds. The maximum atomic E-state index is 11.7. The molecule has 4 rings (SSSR count). The molecule has 0 radical (unpaired) electrons. The number of fused-ring (bicyclic) bond motifs is 1. The smallest absolute Gasteiger partial charge is 0.163 e. The van der Waals surface area contributed by atoms with Crippen LogP contribution in [0.1, 0.15) is 41.2 Å². The minimum absolute atomic E-state index is 0.273. The zero-order valence-corrected chi connectivity index (χ0v) is 11.9. The number of hydrogen-bond donors (Lipinski definition) is 0. The van der Waals surface area contributed by atoms with E-state index in [-0.39, 0.29) is 5.78 Å². The Bertz CT molecular complexity index is 684. The summed E-state index contributed by atoms with van der Waals surface area (Å²) in [5.74, 6) is 0.273. The summed E-state index contributed by atoms with van der Waals surface area (Å²) >= 11 is 0. The standard InChI is InChI=1S/C17H18N2O2/c20-17-4-2-13-9-12(1-3-16(13)17)14-10-18-19(11-14)15-5-7-21-8-6-15/h1,3,9-11,15H,2,4-8H2. The van der Waals surface area contributed by atoms with E-state index in [1.165, 1.54) is 5.56 Å². The Kier molecular flexibility index (Phi) is 3.11. The highest BCUT2D eigenvalue weighted by atomic mass is 16.5. The predicted octanol–water partition coefficient (Wildman–Crippen LogP) is 3.03. The average molecular weight is 282 g/mol. The minimum atomic E-state index is 0.273. The molecule has 0 bridgehead atoms. The third-order valence-corrected chi connectivity index (χ3v) is 4.53. The number of Topliss-reactive ketones (excluding diaryl/α,β-unsaturated/α-hetero) is 1. The maximum Gasteiger partial charge on any atom is 0.163 e. The van der Waals surface area contributed by atoms with E-state index in [9.17, 15) is 4.79 Å². The Morgan fingerprint density at radius 2 is 2.00 bits per heavy atom. The van der Waals surface area contributed by atoms with E-state index >= 15 is 0 Å².